The van der Waals surface area contributed by atoms with Crippen LogP contribution in [-0.4, -0.2) is 37.2 Å². The highest BCUT2D eigenvalue weighted by molar-refractivity contribution is 9.11. The van der Waals surface area contributed by atoms with Gasteiger partial charge in [-0.1, -0.05) is 0 Å². The molecule has 9 heteroatoms. The van der Waals surface area contributed by atoms with E-state index in [9.17, 15) is 13.2 Å². The van der Waals surface area contributed by atoms with Gasteiger partial charge < -0.3 is 10.2 Å². The third-order valence-electron chi connectivity index (χ3n) is 1.57. The smallest absolute Gasteiger partial charge is 0.333 e. The van der Waals surface area contributed by atoms with Crippen molar-refractivity contribution in [3.05, 3.63) is 15.9 Å². The van der Waals surface area contributed by atoms with Crippen LogP contribution in [0, 0.1) is 0 Å². The lowest BCUT2D eigenvalue weighted by molar-refractivity contribution is -0.146. The molecule has 1 rings (SSSR count). The van der Waals surface area contributed by atoms with Crippen LogP contribution in [0.15, 0.2) is 20.1 Å². The van der Waals surface area contributed by atoms with Crippen LogP contribution in [0.1, 0.15) is 0 Å². The molecule has 1 atom stereocenters. The maximum atomic E-state index is 11.5. The molecular formula is C7H8BrNO5S2. The topological polar surface area (TPSA) is 104 Å². The first-order valence-corrected chi connectivity index (χ1v) is 7.08. The predicted molar refractivity (Wildman–Crippen MR) is 60.9 cm³/mol. The zero-order valence-corrected chi connectivity index (χ0v) is 11.0. The molecule has 1 heterocycles. The fraction of sp³-hybridized carbons (Fsp3) is 0.286. The number of nitrogens with one attached hydrogen (secondary N) is 1. The number of rotatable bonds is 5. The molecule has 90 valence electrons. The van der Waals surface area contributed by atoms with Crippen LogP contribution < -0.4 is 4.72 Å². The van der Waals surface area contributed by atoms with E-state index in [0.717, 1.165) is 11.3 Å². The normalized spacial score (nSPS) is 13.6. The molecule has 3 N–H and O–H groups in total. The molecule has 0 radical (unpaired) electrons. The largest absolute Gasteiger partial charge is 0.479 e. The fourth-order valence-corrected chi connectivity index (χ4v) is 3.88. The highest BCUT2D eigenvalue weighted by atomic mass is 79.9. The van der Waals surface area contributed by atoms with Gasteiger partial charge in [0.05, 0.1) is 3.79 Å². The van der Waals surface area contributed by atoms with Crippen molar-refractivity contribution in [2.24, 2.45) is 0 Å². The Morgan fingerprint density at radius 2 is 2.19 bits per heavy atom. The van der Waals surface area contributed by atoms with E-state index in [2.05, 4.69) is 15.9 Å². The second-order valence-corrected chi connectivity index (χ2v) is 7.22. The third-order valence-corrected chi connectivity index (χ3v) is 5.10. The minimum atomic E-state index is -3.75. The van der Waals surface area contributed by atoms with E-state index in [1.165, 1.54) is 6.07 Å². The minimum Gasteiger partial charge on any atom is -0.479 e. The van der Waals surface area contributed by atoms with Gasteiger partial charge in [-0.25, -0.2) is 17.9 Å². The zero-order valence-electron chi connectivity index (χ0n) is 7.75. The number of carboxylic acid groups (broad SMARTS) is 1. The van der Waals surface area contributed by atoms with Gasteiger partial charge in [0.1, 0.15) is 4.21 Å². The summed E-state index contributed by atoms with van der Waals surface area (Å²) in [6.45, 7) is -0.562. The van der Waals surface area contributed by atoms with Crippen molar-refractivity contribution in [3.8, 4) is 0 Å². The standard InChI is InChI=1S/C7H8BrNO5S2/c8-5-1-2-6(15-5)16(13,14)9-3-4(10)7(11)12/h1-2,4,9-10H,3H2,(H,11,12)/t4-/m0/s1. The molecule has 1 aromatic rings. The van der Waals surface area contributed by atoms with Gasteiger partial charge in [-0.05, 0) is 28.1 Å². The van der Waals surface area contributed by atoms with Crippen molar-refractivity contribution in [1.29, 1.82) is 0 Å². The van der Waals surface area contributed by atoms with Crippen LogP contribution in [0.25, 0.3) is 0 Å². The first-order chi connectivity index (χ1) is 7.33. The first kappa shape index (κ1) is 13.6. The maximum Gasteiger partial charge on any atom is 0.333 e. The van der Waals surface area contributed by atoms with Gasteiger partial charge in [-0.2, -0.15) is 0 Å². The number of aliphatic hydroxyl groups is 1. The molecule has 0 unspecified atom stereocenters. The number of hydrogen-bond acceptors (Lipinski definition) is 5. The molecule has 6 nitrogen and oxygen atoms in total. The number of carboxylic acids is 1. The minimum absolute atomic E-state index is 0.0527. The van der Waals surface area contributed by atoms with E-state index >= 15 is 0 Å². The zero-order chi connectivity index (χ0) is 12.3. The fourth-order valence-electron chi connectivity index (χ4n) is 0.789. The van der Waals surface area contributed by atoms with Gasteiger partial charge in [0.2, 0.25) is 10.0 Å². The molecule has 16 heavy (non-hydrogen) atoms. The summed E-state index contributed by atoms with van der Waals surface area (Å²) in [5.74, 6) is -1.48. The highest BCUT2D eigenvalue weighted by Crippen LogP contribution is 2.25. The number of aliphatic carboxylic acids is 1. The first-order valence-electron chi connectivity index (χ1n) is 3.99. The summed E-state index contributed by atoms with van der Waals surface area (Å²) in [5, 5.41) is 17.3. The Morgan fingerprint density at radius 3 is 2.62 bits per heavy atom. The monoisotopic (exact) mass is 329 g/mol. The van der Waals surface area contributed by atoms with E-state index in [1.807, 2.05) is 4.72 Å². The average Bonchev–Trinajstić information content (AvgIpc) is 2.61. The van der Waals surface area contributed by atoms with Crippen LogP contribution in [-0.2, 0) is 14.8 Å². The Balaban J connectivity index is 2.70. The molecule has 0 saturated heterocycles. The molecule has 0 aliphatic rings. The van der Waals surface area contributed by atoms with Crippen LogP contribution in [0.3, 0.4) is 0 Å². The van der Waals surface area contributed by atoms with Crippen molar-refractivity contribution in [1.82, 2.24) is 4.72 Å². The van der Waals surface area contributed by atoms with E-state index in [-0.39, 0.29) is 4.21 Å². The summed E-state index contributed by atoms with van der Waals surface area (Å²) < 4.78 is 25.8. The van der Waals surface area contributed by atoms with E-state index in [0.29, 0.717) is 3.79 Å². The molecule has 0 aliphatic carbocycles. The summed E-state index contributed by atoms with van der Waals surface area (Å²) in [6, 6.07) is 2.94. The Morgan fingerprint density at radius 1 is 1.56 bits per heavy atom. The number of aliphatic hydroxyl groups excluding tert-OH is 1. The lowest BCUT2D eigenvalue weighted by Crippen LogP contribution is -2.36. The summed E-state index contributed by atoms with van der Waals surface area (Å²) in [4.78, 5) is 10.3. The summed E-state index contributed by atoms with van der Waals surface area (Å²) in [7, 11) is -3.75. The van der Waals surface area contributed by atoms with E-state index in [1.54, 1.807) is 6.07 Å². The Labute approximate surface area is 104 Å². The molecule has 0 spiro atoms. The molecule has 0 aromatic carbocycles. The van der Waals surface area contributed by atoms with Crippen LogP contribution in [0.2, 0.25) is 0 Å². The number of hydrogen-bond donors (Lipinski definition) is 3. The lowest BCUT2D eigenvalue weighted by atomic mass is 10.4. The van der Waals surface area contributed by atoms with Gasteiger partial charge in [-0.15, -0.1) is 11.3 Å². The van der Waals surface area contributed by atoms with Crippen LogP contribution in [0.5, 0.6) is 0 Å². The van der Waals surface area contributed by atoms with Crippen molar-refractivity contribution in [2.75, 3.05) is 6.54 Å². The number of carbonyl (C=O) groups is 1. The Hall–Kier alpha value is -0.480. The van der Waals surface area contributed by atoms with Gasteiger partial charge in [0.25, 0.3) is 0 Å². The highest BCUT2D eigenvalue weighted by Gasteiger charge is 2.20. The molecule has 1 aromatic heterocycles. The Kier molecular flexibility index (Phi) is 4.44. The van der Waals surface area contributed by atoms with Crippen molar-refractivity contribution < 1.29 is 23.4 Å². The van der Waals surface area contributed by atoms with Crippen LogP contribution >= 0.6 is 27.3 Å². The molecule has 0 fully saturated rings. The van der Waals surface area contributed by atoms with Gasteiger partial charge in [-0.3, -0.25) is 0 Å². The van der Waals surface area contributed by atoms with Gasteiger partial charge in [0.15, 0.2) is 6.10 Å². The molecule has 0 aliphatic heterocycles. The maximum absolute atomic E-state index is 11.5. The number of thiophene rings is 1. The van der Waals surface area contributed by atoms with Crippen molar-refractivity contribution >= 4 is 43.3 Å². The number of halogens is 1. The Bertz CT molecular complexity index is 483. The van der Waals surface area contributed by atoms with Crippen molar-refractivity contribution in [2.45, 2.75) is 10.3 Å². The van der Waals surface area contributed by atoms with Crippen LogP contribution in [0.4, 0.5) is 0 Å². The summed E-state index contributed by atoms with van der Waals surface area (Å²) in [6.07, 6.45) is -1.75. The molecule has 0 amide bonds. The number of sulfonamides is 1. The van der Waals surface area contributed by atoms with E-state index in [4.69, 9.17) is 10.2 Å². The second kappa shape index (κ2) is 5.23. The quantitative estimate of drug-likeness (QED) is 0.717. The predicted octanol–water partition coefficient (Wildman–Crippen LogP) is 0.234. The summed E-state index contributed by atoms with van der Waals surface area (Å²) in [5.41, 5.74) is 0. The molecular weight excluding hydrogens is 322 g/mol. The van der Waals surface area contributed by atoms with Gasteiger partial charge >= 0.3 is 5.97 Å². The summed E-state index contributed by atoms with van der Waals surface area (Å²) >= 11 is 4.10. The third kappa shape index (κ3) is 3.52. The van der Waals surface area contributed by atoms with Gasteiger partial charge in [0, 0.05) is 6.54 Å². The average molecular weight is 330 g/mol. The SMILES string of the molecule is O=C(O)[C@@H](O)CNS(=O)(=O)c1ccc(Br)s1. The molecule has 0 bridgehead atoms. The van der Waals surface area contributed by atoms with Crippen molar-refractivity contribution in [3.63, 3.8) is 0 Å². The molecule has 0 saturated carbocycles. The lowest BCUT2D eigenvalue weighted by Gasteiger charge is -2.06. The second-order valence-electron chi connectivity index (χ2n) is 2.76. The van der Waals surface area contributed by atoms with E-state index < -0.39 is 28.6 Å².